The average Bonchev–Trinajstić information content (AvgIpc) is 2.92. The Morgan fingerprint density at radius 2 is 2.00 bits per heavy atom. The lowest BCUT2D eigenvalue weighted by molar-refractivity contribution is 0.145. The molecule has 0 aromatic heterocycles. The first-order valence-electron chi connectivity index (χ1n) is 8.58. The summed E-state index contributed by atoms with van der Waals surface area (Å²) in [5.41, 5.74) is 1.68. The first-order valence-corrected chi connectivity index (χ1v) is 8.58. The van der Waals surface area contributed by atoms with Gasteiger partial charge in [-0.05, 0) is 49.3 Å². The molecular weight excluding hydrogens is 279 g/mol. The van der Waals surface area contributed by atoms with Crippen molar-refractivity contribution in [1.82, 2.24) is 5.32 Å². The number of aliphatic hydroxyl groups excluding tert-OH is 1. The fourth-order valence-electron chi connectivity index (χ4n) is 3.72. The lowest BCUT2D eigenvalue weighted by atomic mass is 10.1. The van der Waals surface area contributed by atoms with E-state index < -0.39 is 0 Å². The third-order valence-electron chi connectivity index (χ3n) is 5.25. The Bertz CT molecular complexity index is 500. The predicted octanol–water partition coefficient (Wildman–Crippen LogP) is 3.07. The van der Waals surface area contributed by atoms with Crippen molar-refractivity contribution in [2.45, 2.75) is 57.7 Å². The minimum absolute atomic E-state index is 0.143. The van der Waals surface area contributed by atoms with E-state index in [1.165, 1.54) is 19.3 Å². The van der Waals surface area contributed by atoms with E-state index in [-0.39, 0.29) is 11.9 Å². The maximum absolute atomic E-state index is 14.4. The monoisotopic (exact) mass is 306 g/mol. The molecule has 1 saturated heterocycles. The number of anilines is 1. The number of aliphatic hydroxyl groups is 1. The first-order chi connectivity index (χ1) is 10.6. The van der Waals surface area contributed by atoms with Crippen LogP contribution < -0.4 is 10.2 Å². The van der Waals surface area contributed by atoms with E-state index in [9.17, 15) is 9.50 Å². The summed E-state index contributed by atoms with van der Waals surface area (Å²) in [5, 5.41) is 13.1. The number of rotatable bonds is 4. The van der Waals surface area contributed by atoms with Gasteiger partial charge in [0.25, 0.3) is 0 Å². The number of halogens is 1. The van der Waals surface area contributed by atoms with Gasteiger partial charge in [0.1, 0.15) is 5.82 Å². The number of hydrogen-bond acceptors (Lipinski definition) is 3. The number of nitrogens with one attached hydrogen (secondary N) is 1. The lowest BCUT2D eigenvalue weighted by Crippen LogP contribution is -2.36. The Hall–Kier alpha value is -1.13. The molecule has 0 bridgehead atoms. The minimum atomic E-state index is -0.226. The Balaban J connectivity index is 1.59. The largest absolute Gasteiger partial charge is 0.393 e. The Morgan fingerprint density at radius 3 is 2.64 bits per heavy atom. The predicted molar refractivity (Wildman–Crippen MR) is 87.5 cm³/mol. The van der Waals surface area contributed by atoms with E-state index in [1.54, 1.807) is 6.07 Å². The number of hydrogen-bond donors (Lipinski definition) is 2. The van der Waals surface area contributed by atoms with Gasteiger partial charge in [-0.1, -0.05) is 19.4 Å². The van der Waals surface area contributed by atoms with E-state index >= 15 is 0 Å². The molecule has 4 heteroatoms. The number of benzene rings is 1. The molecule has 1 heterocycles. The molecule has 2 aliphatic rings. The van der Waals surface area contributed by atoms with E-state index in [0.29, 0.717) is 11.7 Å². The molecule has 2 fully saturated rings. The van der Waals surface area contributed by atoms with Crippen LogP contribution in [0, 0.1) is 11.7 Å². The minimum Gasteiger partial charge on any atom is -0.393 e. The Morgan fingerprint density at radius 1 is 1.23 bits per heavy atom. The SMILES string of the molecule is CC1CCCC1NCc1ccc(N2CCC(O)CC2)c(F)c1. The fourth-order valence-corrected chi connectivity index (χ4v) is 3.72. The van der Waals surface area contributed by atoms with Crippen molar-refractivity contribution in [3.63, 3.8) is 0 Å². The van der Waals surface area contributed by atoms with Crippen LogP contribution in [0.5, 0.6) is 0 Å². The molecule has 1 aliphatic carbocycles. The van der Waals surface area contributed by atoms with Crippen molar-refractivity contribution in [2.24, 2.45) is 5.92 Å². The van der Waals surface area contributed by atoms with Gasteiger partial charge in [-0.3, -0.25) is 0 Å². The zero-order chi connectivity index (χ0) is 15.5. The molecule has 22 heavy (non-hydrogen) atoms. The normalized spacial score (nSPS) is 26.6. The molecule has 3 nitrogen and oxygen atoms in total. The second-order valence-corrected chi connectivity index (χ2v) is 6.90. The Labute approximate surface area is 132 Å². The summed E-state index contributed by atoms with van der Waals surface area (Å²) in [6.45, 7) is 4.49. The third kappa shape index (κ3) is 3.61. The van der Waals surface area contributed by atoms with Crippen LogP contribution in [0.15, 0.2) is 18.2 Å². The van der Waals surface area contributed by atoms with E-state index in [1.807, 2.05) is 17.0 Å². The zero-order valence-electron chi connectivity index (χ0n) is 13.4. The van der Waals surface area contributed by atoms with Crippen LogP contribution in [0.25, 0.3) is 0 Å². The van der Waals surface area contributed by atoms with Gasteiger partial charge < -0.3 is 15.3 Å². The highest BCUT2D eigenvalue weighted by molar-refractivity contribution is 5.49. The van der Waals surface area contributed by atoms with E-state index in [4.69, 9.17) is 0 Å². The standard InChI is InChI=1S/C18H27FN2O/c1-13-3-2-4-17(13)20-12-14-5-6-18(16(19)11-14)21-9-7-15(22)8-10-21/h5-6,11,13,15,17,20,22H,2-4,7-10,12H2,1H3. The van der Waals surface area contributed by atoms with Gasteiger partial charge in [-0.15, -0.1) is 0 Å². The molecule has 2 N–H and O–H groups in total. The molecule has 3 rings (SSSR count). The molecular formula is C18H27FN2O. The highest BCUT2D eigenvalue weighted by atomic mass is 19.1. The van der Waals surface area contributed by atoms with Crippen LogP contribution in [0.3, 0.4) is 0 Å². The summed E-state index contributed by atoms with van der Waals surface area (Å²) in [7, 11) is 0. The molecule has 0 spiro atoms. The summed E-state index contributed by atoms with van der Waals surface area (Å²) < 4.78 is 14.4. The van der Waals surface area contributed by atoms with Gasteiger partial charge in [-0.25, -0.2) is 4.39 Å². The van der Waals surface area contributed by atoms with E-state index in [2.05, 4.69) is 12.2 Å². The van der Waals surface area contributed by atoms with Gasteiger partial charge in [0, 0.05) is 25.7 Å². The second-order valence-electron chi connectivity index (χ2n) is 6.90. The highest BCUT2D eigenvalue weighted by Crippen LogP contribution is 2.26. The van der Waals surface area contributed by atoms with Crippen molar-refractivity contribution < 1.29 is 9.50 Å². The molecule has 1 aromatic carbocycles. The van der Waals surface area contributed by atoms with Crippen LogP contribution in [0.4, 0.5) is 10.1 Å². The van der Waals surface area contributed by atoms with Crippen molar-refractivity contribution in [1.29, 1.82) is 0 Å². The molecule has 0 amide bonds. The number of piperidine rings is 1. The van der Waals surface area contributed by atoms with Crippen molar-refractivity contribution >= 4 is 5.69 Å². The molecule has 122 valence electrons. The van der Waals surface area contributed by atoms with Crippen LogP contribution in [0.2, 0.25) is 0 Å². The molecule has 1 aliphatic heterocycles. The van der Waals surface area contributed by atoms with Crippen molar-refractivity contribution in [2.75, 3.05) is 18.0 Å². The van der Waals surface area contributed by atoms with Crippen LogP contribution in [-0.4, -0.2) is 30.3 Å². The smallest absolute Gasteiger partial charge is 0.146 e. The maximum Gasteiger partial charge on any atom is 0.146 e. The van der Waals surface area contributed by atoms with Crippen molar-refractivity contribution in [3.8, 4) is 0 Å². The molecule has 0 radical (unpaired) electrons. The summed E-state index contributed by atoms with van der Waals surface area (Å²) in [6, 6.07) is 6.15. The molecule has 2 unspecified atom stereocenters. The summed E-state index contributed by atoms with van der Waals surface area (Å²) in [5.74, 6) is 0.582. The number of nitrogens with zero attached hydrogens (tertiary/aromatic N) is 1. The average molecular weight is 306 g/mol. The summed E-state index contributed by atoms with van der Waals surface area (Å²) in [4.78, 5) is 2.04. The maximum atomic E-state index is 14.4. The van der Waals surface area contributed by atoms with Gasteiger partial charge >= 0.3 is 0 Å². The van der Waals surface area contributed by atoms with Crippen LogP contribution in [0.1, 0.15) is 44.6 Å². The van der Waals surface area contributed by atoms with Crippen molar-refractivity contribution in [3.05, 3.63) is 29.6 Å². The fraction of sp³-hybridized carbons (Fsp3) is 0.667. The van der Waals surface area contributed by atoms with Gasteiger partial charge in [0.05, 0.1) is 11.8 Å². The van der Waals surface area contributed by atoms with Gasteiger partial charge in [0.15, 0.2) is 0 Å². The quantitative estimate of drug-likeness (QED) is 0.897. The van der Waals surface area contributed by atoms with E-state index in [0.717, 1.165) is 44.0 Å². The Kier molecular flexibility index (Phi) is 4.99. The van der Waals surface area contributed by atoms with Crippen LogP contribution >= 0.6 is 0 Å². The van der Waals surface area contributed by atoms with Gasteiger partial charge in [0.2, 0.25) is 0 Å². The zero-order valence-corrected chi connectivity index (χ0v) is 13.4. The summed E-state index contributed by atoms with van der Waals surface area (Å²) >= 11 is 0. The molecule has 2 atom stereocenters. The molecule has 1 aromatic rings. The molecule has 1 saturated carbocycles. The second kappa shape index (κ2) is 6.97. The first kappa shape index (κ1) is 15.8. The topological polar surface area (TPSA) is 35.5 Å². The lowest BCUT2D eigenvalue weighted by Gasteiger charge is -2.31. The highest BCUT2D eigenvalue weighted by Gasteiger charge is 2.23. The third-order valence-corrected chi connectivity index (χ3v) is 5.25. The van der Waals surface area contributed by atoms with Gasteiger partial charge in [-0.2, -0.15) is 0 Å². The van der Waals surface area contributed by atoms with Crippen LogP contribution in [-0.2, 0) is 6.54 Å². The summed E-state index contributed by atoms with van der Waals surface area (Å²) in [6.07, 6.45) is 5.05.